The minimum atomic E-state index is -3.80. The van der Waals surface area contributed by atoms with E-state index in [2.05, 4.69) is 9.62 Å². The van der Waals surface area contributed by atoms with Crippen LogP contribution in [-0.4, -0.2) is 44.6 Å². The van der Waals surface area contributed by atoms with Crippen molar-refractivity contribution in [3.63, 3.8) is 0 Å². The summed E-state index contributed by atoms with van der Waals surface area (Å²) in [5.74, 6) is -0.641. The molecule has 1 aromatic carbocycles. The van der Waals surface area contributed by atoms with Crippen LogP contribution in [0.1, 0.15) is 18.4 Å². The molecule has 0 radical (unpaired) electrons. The lowest BCUT2D eigenvalue weighted by atomic mass is 10.2. The first-order valence-corrected chi connectivity index (χ1v) is 8.01. The van der Waals surface area contributed by atoms with Gasteiger partial charge in [0, 0.05) is 19.1 Å². The third kappa shape index (κ3) is 3.76. The molecule has 0 amide bonds. The number of aliphatic hydroxyl groups excluding tert-OH is 1. The molecule has 2 N–H and O–H groups in total. The number of likely N-dealkylation sites (N-methyl/N-ethyl adjacent to an activating group) is 1. The van der Waals surface area contributed by atoms with Gasteiger partial charge in [0.2, 0.25) is 10.0 Å². The molecule has 5 nitrogen and oxygen atoms in total. The fourth-order valence-corrected chi connectivity index (χ4v) is 3.30. The number of benzene rings is 1. The van der Waals surface area contributed by atoms with Gasteiger partial charge >= 0.3 is 0 Å². The summed E-state index contributed by atoms with van der Waals surface area (Å²) in [4.78, 5) is 1.90. The highest BCUT2D eigenvalue weighted by atomic mass is 32.2. The Hall–Kier alpha value is -1.02. The van der Waals surface area contributed by atoms with Crippen molar-refractivity contribution in [3.8, 4) is 0 Å². The monoisotopic (exact) mass is 302 g/mol. The van der Waals surface area contributed by atoms with Gasteiger partial charge in [0.15, 0.2) is 0 Å². The maximum Gasteiger partial charge on any atom is 0.241 e. The van der Waals surface area contributed by atoms with Gasteiger partial charge in [0.05, 0.1) is 11.5 Å². The molecule has 1 fully saturated rings. The first-order valence-electron chi connectivity index (χ1n) is 6.53. The molecular weight excluding hydrogens is 283 g/mol. The molecule has 0 saturated heterocycles. The predicted molar refractivity (Wildman–Crippen MR) is 73.2 cm³/mol. The zero-order valence-corrected chi connectivity index (χ0v) is 12.2. The predicted octanol–water partition coefficient (Wildman–Crippen LogP) is 0.691. The molecule has 7 heteroatoms. The van der Waals surface area contributed by atoms with E-state index in [1.807, 2.05) is 7.05 Å². The van der Waals surface area contributed by atoms with Crippen molar-refractivity contribution in [2.45, 2.75) is 30.4 Å². The van der Waals surface area contributed by atoms with Crippen LogP contribution in [0, 0.1) is 5.82 Å². The summed E-state index contributed by atoms with van der Waals surface area (Å²) in [6, 6.07) is 3.89. The number of nitrogens with one attached hydrogen (secondary N) is 1. The van der Waals surface area contributed by atoms with Crippen LogP contribution in [0.5, 0.6) is 0 Å². The molecule has 0 spiro atoms. The molecular formula is C13H19FN2O3S. The van der Waals surface area contributed by atoms with Crippen LogP contribution in [0.25, 0.3) is 0 Å². The smallest absolute Gasteiger partial charge is 0.241 e. The van der Waals surface area contributed by atoms with Gasteiger partial charge in [-0.2, -0.15) is 0 Å². The summed E-state index contributed by atoms with van der Waals surface area (Å²) in [6.45, 7) is 0.420. The third-order valence-electron chi connectivity index (χ3n) is 3.42. The molecule has 1 aromatic rings. The summed E-state index contributed by atoms with van der Waals surface area (Å²) in [6.07, 6.45) is 2.31. The van der Waals surface area contributed by atoms with Gasteiger partial charge in [-0.3, -0.25) is 0 Å². The summed E-state index contributed by atoms with van der Waals surface area (Å²) in [5, 5.41) is 9.14. The van der Waals surface area contributed by atoms with E-state index in [-0.39, 0.29) is 17.0 Å². The van der Waals surface area contributed by atoms with E-state index in [0.29, 0.717) is 12.6 Å². The van der Waals surface area contributed by atoms with Crippen molar-refractivity contribution >= 4 is 10.0 Å². The second kappa shape index (κ2) is 6.17. The normalized spacial score (nSPS) is 15.8. The Labute approximate surface area is 118 Å². The number of hydrogen-bond donors (Lipinski definition) is 2. The van der Waals surface area contributed by atoms with E-state index < -0.39 is 22.4 Å². The van der Waals surface area contributed by atoms with Crippen molar-refractivity contribution in [3.05, 3.63) is 29.6 Å². The Balaban J connectivity index is 2.03. The minimum Gasteiger partial charge on any atom is -0.392 e. The molecule has 112 valence electrons. The standard InChI is InChI=1S/C13H19FN2O3S/c1-16(12-4-5-12)7-6-15-20(18,19)13-8-11(14)3-2-10(13)9-17/h2-3,8,12,15,17H,4-7,9H2,1H3. The lowest BCUT2D eigenvalue weighted by Crippen LogP contribution is -2.34. The summed E-state index contributed by atoms with van der Waals surface area (Å²) >= 11 is 0. The Morgan fingerprint density at radius 1 is 1.45 bits per heavy atom. The second-order valence-corrected chi connectivity index (χ2v) is 6.76. The maximum atomic E-state index is 13.2. The van der Waals surface area contributed by atoms with Crippen LogP contribution in [0.15, 0.2) is 23.1 Å². The molecule has 1 aliphatic rings. The molecule has 2 rings (SSSR count). The molecule has 1 saturated carbocycles. The lowest BCUT2D eigenvalue weighted by molar-refractivity contribution is 0.278. The minimum absolute atomic E-state index is 0.189. The van der Waals surface area contributed by atoms with Crippen molar-refractivity contribution in [1.82, 2.24) is 9.62 Å². The quantitative estimate of drug-likeness (QED) is 0.777. The zero-order chi connectivity index (χ0) is 14.8. The van der Waals surface area contributed by atoms with E-state index in [0.717, 1.165) is 25.0 Å². The van der Waals surface area contributed by atoms with Crippen molar-refractivity contribution < 1.29 is 17.9 Å². The largest absolute Gasteiger partial charge is 0.392 e. The van der Waals surface area contributed by atoms with Crippen LogP contribution < -0.4 is 4.72 Å². The van der Waals surface area contributed by atoms with Gasteiger partial charge in [-0.1, -0.05) is 6.07 Å². The van der Waals surface area contributed by atoms with E-state index >= 15 is 0 Å². The highest BCUT2D eigenvalue weighted by Gasteiger charge is 2.26. The average molecular weight is 302 g/mol. The van der Waals surface area contributed by atoms with Crippen molar-refractivity contribution in [1.29, 1.82) is 0 Å². The number of sulfonamides is 1. The van der Waals surface area contributed by atoms with Crippen LogP contribution in [0.4, 0.5) is 4.39 Å². The lowest BCUT2D eigenvalue weighted by Gasteiger charge is -2.16. The molecule has 0 unspecified atom stereocenters. The molecule has 0 aromatic heterocycles. The molecule has 0 bridgehead atoms. The molecule has 0 aliphatic heterocycles. The second-order valence-electron chi connectivity index (χ2n) is 5.02. The van der Waals surface area contributed by atoms with Gasteiger partial charge < -0.3 is 10.0 Å². The Kier molecular flexibility index (Phi) is 4.74. The highest BCUT2D eigenvalue weighted by Crippen LogP contribution is 2.24. The van der Waals surface area contributed by atoms with E-state index in [9.17, 15) is 12.8 Å². The fraction of sp³-hybridized carbons (Fsp3) is 0.538. The highest BCUT2D eigenvalue weighted by molar-refractivity contribution is 7.89. The number of halogens is 1. The topological polar surface area (TPSA) is 69.6 Å². The molecule has 1 aliphatic carbocycles. The first-order chi connectivity index (χ1) is 9.44. The van der Waals surface area contributed by atoms with Crippen molar-refractivity contribution in [2.24, 2.45) is 0 Å². The van der Waals surface area contributed by atoms with Crippen LogP contribution in [-0.2, 0) is 16.6 Å². The average Bonchev–Trinajstić information content (AvgIpc) is 3.22. The first kappa shape index (κ1) is 15.4. The van der Waals surface area contributed by atoms with Crippen LogP contribution in [0.2, 0.25) is 0 Å². The zero-order valence-electron chi connectivity index (χ0n) is 11.3. The fourth-order valence-electron chi connectivity index (χ4n) is 2.04. The third-order valence-corrected chi connectivity index (χ3v) is 4.96. The van der Waals surface area contributed by atoms with E-state index in [1.54, 1.807) is 0 Å². The summed E-state index contributed by atoms with van der Waals surface area (Å²) < 4.78 is 39.9. The number of nitrogens with zero attached hydrogens (tertiary/aromatic N) is 1. The SMILES string of the molecule is CN(CCNS(=O)(=O)c1cc(F)ccc1CO)C1CC1. The van der Waals surface area contributed by atoms with Gasteiger partial charge in [-0.15, -0.1) is 0 Å². The van der Waals surface area contributed by atoms with Crippen LogP contribution in [0.3, 0.4) is 0 Å². The van der Waals surface area contributed by atoms with Gasteiger partial charge in [0.1, 0.15) is 5.82 Å². The molecule has 0 heterocycles. The Morgan fingerprint density at radius 2 is 2.15 bits per heavy atom. The van der Waals surface area contributed by atoms with Crippen molar-refractivity contribution in [2.75, 3.05) is 20.1 Å². The van der Waals surface area contributed by atoms with E-state index in [4.69, 9.17) is 5.11 Å². The Bertz CT molecular complexity index is 573. The van der Waals surface area contributed by atoms with Crippen LogP contribution >= 0.6 is 0 Å². The number of rotatable bonds is 7. The summed E-state index contributed by atoms with van der Waals surface area (Å²) in [7, 11) is -1.85. The van der Waals surface area contributed by atoms with Gasteiger partial charge in [-0.25, -0.2) is 17.5 Å². The number of hydrogen-bond acceptors (Lipinski definition) is 4. The van der Waals surface area contributed by atoms with Gasteiger partial charge in [0.25, 0.3) is 0 Å². The molecule has 0 atom stereocenters. The van der Waals surface area contributed by atoms with Gasteiger partial charge in [-0.05, 0) is 37.6 Å². The number of aliphatic hydroxyl groups is 1. The summed E-state index contributed by atoms with van der Waals surface area (Å²) in [5.41, 5.74) is 0.189. The van der Waals surface area contributed by atoms with E-state index in [1.165, 1.54) is 6.07 Å². The molecule has 20 heavy (non-hydrogen) atoms. The Morgan fingerprint density at radius 3 is 2.75 bits per heavy atom. The maximum absolute atomic E-state index is 13.2.